The number of nitrogens with one attached hydrogen (secondary N) is 1. The van der Waals surface area contributed by atoms with Gasteiger partial charge in [-0.1, -0.05) is 35.3 Å². The van der Waals surface area contributed by atoms with Gasteiger partial charge in [-0.2, -0.15) is 0 Å². The summed E-state index contributed by atoms with van der Waals surface area (Å²) < 4.78 is 0. The van der Waals surface area contributed by atoms with E-state index in [0.717, 1.165) is 42.6 Å². The number of pyridine rings is 1. The van der Waals surface area contributed by atoms with Crippen molar-refractivity contribution in [3.8, 4) is 11.1 Å². The summed E-state index contributed by atoms with van der Waals surface area (Å²) in [6.45, 7) is 3.91. The Hall–Kier alpha value is -2.02. The van der Waals surface area contributed by atoms with E-state index in [1.807, 2.05) is 32.2 Å². The number of carbonyl (C=O) groups is 1. The van der Waals surface area contributed by atoms with Gasteiger partial charge in [-0.05, 0) is 57.6 Å². The summed E-state index contributed by atoms with van der Waals surface area (Å²) in [5, 5.41) is 3.90. The average molecular weight is 436 g/mol. The molecule has 8 heteroatoms. The van der Waals surface area contributed by atoms with Crippen LogP contribution in [-0.4, -0.2) is 54.0 Å². The molecule has 3 rings (SSSR count). The van der Waals surface area contributed by atoms with Crippen molar-refractivity contribution in [2.45, 2.75) is 31.8 Å². The number of aromatic nitrogens is 1. The molecule has 156 valence electrons. The van der Waals surface area contributed by atoms with Crippen molar-refractivity contribution in [2.24, 2.45) is 0 Å². The summed E-state index contributed by atoms with van der Waals surface area (Å²) in [7, 11) is 3.96. The van der Waals surface area contributed by atoms with E-state index in [0.29, 0.717) is 15.9 Å². The van der Waals surface area contributed by atoms with Gasteiger partial charge in [0.2, 0.25) is 0 Å². The number of rotatable bonds is 4. The van der Waals surface area contributed by atoms with Crippen LogP contribution in [0.15, 0.2) is 30.5 Å². The van der Waals surface area contributed by atoms with Crippen LogP contribution in [-0.2, 0) is 0 Å². The number of piperidine rings is 1. The zero-order valence-corrected chi connectivity index (χ0v) is 18.5. The lowest BCUT2D eigenvalue weighted by Gasteiger charge is -2.35. The lowest BCUT2D eigenvalue weighted by atomic mass is 10.0. The monoisotopic (exact) mass is 435 g/mol. The second-order valence-electron chi connectivity index (χ2n) is 7.62. The van der Waals surface area contributed by atoms with Gasteiger partial charge in [-0.15, -0.1) is 0 Å². The molecule has 3 N–H and O–H groups in total. The molecular formula is C21H27Cl2N5O. The molecule has 2 aromatic rings. The first-order chi connectivity index (χ1) is 13.8. The lowest BCUT2D eigenvalue weighted by Crippen LogP contribution is -2.48. The van der Waals surface area contributed by atoms with Crippen LogP contribution in [0.2, 0.25) is 10.0 Å². The van der Waals surface area contributed by atoms with E-state index in [1.165, 1.54) is 0 Å². The molecule has 2 amide bonds. The molecule has 1 aliphatic rings. The second-order valence-corrected chi connectivity index (χ2v) is 8.37. The summed E-state index contributed by atoms with van der Waals surface area (Å²) in [6, 6.07) is 7.21. The van der Waals surface area contributed by atoms with Gasteiger partial charge in [-0.25, -0.2) is 9.78 Å². The molecule has 0 spiro atoms. The number of carbonyl (C=O) groups excluding carboxylic acids is 1. The molecule has 0 bridgehead atoms. The molecule has 2 heterocycles. The number of benzene rings is 1. The van der Waals surface area contributed by atoms with E-state index < -0.39 is 0 Å². The Bertz CT molecular complexity index is 866. The van der Waals surface area contributed by atoms with Crippen molar-refractivity contribution in [2.75, 3.05) is 32.9 Å². The smallest absolute Gasteiger partial charge is 0.317 e. The summed E-state index contributed by atoms with van der Waals surface area (Å²) in [5.41, 5.74) is 8.03. The number of halogens is 2. The largest absolute Gasteiger partial charge is 0.384 e. The first-order valence-electron chi connectivity index (χ1n) is 9.69. The second kappa shape index (κ2) is 9.20. The first kappa shape index (κ1) is 21.7. The summed E-state index contributed by atoms with van der Waals surface area (Å²) >= 11 is 13.1. The van der Waals surface area contributed by atoms with Gasteiger partial charge < -0.3 is 20.9 Å². The number of nitrogens with zero attached hydrogens (tertiary/aromatic N) is 3. The quantitative estimate of drug-likeness (QED) is 0.744. The molecule has 0 aliphatic carbocycles. The lowest BCUT2D eigenvalue weighted by molar-refractivity contribution is 0.146. The summed E-state index contributed by atoms with van der Waals surface area (Å²) in [6.07, 6.45) is 3.62. The number of amides is 2. The van der Waals surface area contributed by atoms with Gasteiger partial charge in [0.1, 0.15) is 5.82 Å². The molecular weight excluding hydrogens is 409 g/mol. The van der Waals surface area contributed by atoms with E-state index in [1.54, 1.807) is 17.2 Å². The maximum Gasteiger partial charge on any atom is 0.317 e. The van der Waals surface area contributed by atoms with Gasteiger partial charge in [0.25, 0.3) is 0 Å². The predicted octanol–water partition coefficient (Wildman–Crippen LogP) is 4.43. The zero-order valence-electron chi connectivity index (χ0n) is 17.0. The topological polar surface area (TPSA) is 74.5 Å². The standard InChI is InChI=1S/C21H27Cl2N5O/c1-13(26-21(29)28(3)15-8-10-27(2)11-9-15)16-5-6-17(20(23)19(16)22)14-4-7-18(24)25-12-14/h4-7,12-13,15H,8-11H2,1-3H3,(H2,24,25)(H,26,29). The van der Waals surface area contributed by atoms with Crippen molar-refractivity contribution in [1.29, 1.82) is 0 Å². The van der Waals surface area contributed by atoms with Gasteiger partial charge in [0.05, 0.1) is 16.1 Å². The van der Waals surface area contributed by atoms with E-state index in [2.05, 4.69) is 22.2 Å². The summed E-state index contributed by atoms with van der Waals surface area (Å²) in [4.78, 5) is 20.9. The van der Waals surface area contributed by atoms with E-state index in [-0.39, 0.29) is 18.1 Å². The third-order valence-corrected chi connectivity index (χ3v) is 6.47. The molecule has 29 heavy (non-hydrogen) atoms. The number of nitrogens with two attached hydrogens (primary N) is 1. The zero-order chi connectivity index (χ0) is 21.1. The van der Waals surface area contributed by atoms with Crippen LogP contribution in [0.3, 0.4) is 0 Å². The number of anilines is 1. The Labute approximate surface area is 182 Å². The fourth-order valence-electron chi connectivity index (χ4n) is 3.60. The summed E-state index contributed by atoms with van der Waals surface area (Å²) in [5.74, 6) is 0.442. The highest BCUT2D eigenvalue weighted by Crippen LogP contribution is 2.38. The predicted molar refractivity (Wildman–Crippen MR) is 119 cm³/mol. The molecule has 0 radical (unpaired) electrons. The number of nitrogen functional groups attached to an aromatic ring is 1. The molecule has 6 nitrogen and oxygen atoms in total. The van der Waals surface area contributed by atoms with Crippen LogP contribution < -0.4 is 11.1 Å². The number of urea groups is 1. The fourth-order valence-corrected chi connectivity index (χ4v) is 4.21. The normalized spacial score (nSPS) is 16.4. The highest BCUT2D eigenvalue weighted by Gasteiger charge is 2.25. The maximum absolute atomic E-state index is 12.7. The third-order valence-electron chi connectivity index (χ3n) is 5.57. The number of hydrogen-bond acceptors (Lipinski definition) is 4. The molecule has 1 atom stereocenters. The molecule has 0 saturated carbocycles. The van der Waals surface area contributed by atoms with E-state index >= 15 is 0 Å². The first-order valence-corrected chi connectivity index (χ1v) is 10.4. The van der Waals surface area contributed by atoms with Crippen molar-refractivity contribution in [3.63, 3.8) is 0 Å². The Balaban J connectivity index is 1.72. The van der Waals surface area contributed by atoms with E-state index in [4.69, 9.17) is 28.9 Å². The van der Waals surface area contributed by atoms with Gasteiger partial charge in [0.15, 0.2) is 0 Å². The molecule has 1 aromatic carbocycles. The number of hydrogen-bond donors (Lipinski definition) is 2. The minimum atomic E-state index is -0.278. The molecule has 1 fully saturated rings. The van der Waals surface area contributed by atoms with E-state index in [9.17, 15) is 4.79 Å². The Morgan fingerprint density at radius 3 is 2.55 bits per heavy atom. The van der Waals surface area contributed by atoms with Crippen molar-refractivity contribution >= 4 is 35.1 Å². The van der Waals surface area contributed by atoms with Crippen molar-refractivity contribution < 1.29 is 4.79 Å². The Morgan fingerprint density at radius 1 is 1.24 bits per heavy atom. The molecule has 1 aromatic heterocycles. The number of likely N-dealkylation sites (tertiary alicyclic amines) is 1. The third kappa shape index (κ3) is 4.94. The SMILES string of the molecule is CC(NC(=O)N(C)C1CCN(C)CC1)c1ccc(-c2ccc(N)nc2)c(Cl)c1Cl. The van der Waals surface area contributed by atoms with Crippen LogP contribution in [0.5, 0.6) is 0 Å². The molecule has 1 aliphatic heterocycles. The molecule has 1 saturated heterocycles. The molecule has 1 unspecified atom stereocenters. The van der Waals surface area contributed by atoms with Gasteiger partial charge in [0, 0.05) is 30.4 Å². The van der Waals surface area contributed by atoms with Crippen LogP contribution in [0.4, 0.5) is 10.6 Å². The van der Waals surface area contributed by atoms with Gasteiger partial charge >= 0.3 is 6.03 Å². The Morgan fingerprint density at radius 2 is 1.93 bits per heavy atom. The fraction of sp³-hybridized carbons (Fsp3) is 0.429. The van der Waals surface area contributed by atoms with Gasteiger partial charge in [-0.3, -0.25) is 0 Å². The van der Waals surface area contributed by atoms with Crippen molar-refractivity contribution in [3.05, 3.63) is 46.1 Å². The van der Waals surface area contributed by atoms with Crippen LogP contribution in [0, 0.1) is 0 Å². The highest BCUT2D eigenvalue weighted by molar-refractivity contribution is 6.44. The van der Waals surface area contributed by atoms with Crippen molar-refractivity contribution in [1.82, 2.24) is 20.1 Å². The Kier molecular flexibility index (Phi) is 6.88. The maximum atomic E-state index is 12.7. The minimum Gasteiger partial charge on any atom is -0.384 e. The van der Waals surface area contributed by atoms with Crippen LogP contribution >= 0.6 is 23.2 Å². The highest BCUT2D eigenvalue weighted by atomic mass is 35.5. The average Bonchev–Trinajstić information content (AvgIpc) is 2.70. The van der Waals surface area contributed by atoms with Crippen LogP contribution in [0.1, 0.15) is 31.4 Å². The minimum absolute atomic E-state index is 0.106. The van der Waals surface area contributed by atoms with Crippen LogP contribution in [0.25, 0.3) is 11.1 Å².